The maximum Gasteiger partial charge on any atom is 0.248 e. The summed E-state index contributed by atoms with van der Waals surface area (Å²) in [7, 11) is 1.56. The molecular formula is C19H17NO4S. The lowest BCUT2D eigenvalue weighted by molar-refractivity contribution is -0.124. The number of nitrogens with zero attached hydrogens (tertiary/aromatic N) is 1. The zero-order valence-corrected chi connectivity index (χ0v) is 14.6. The third-order valence-corrected chi connectivity index (χ3v) is 6.08. The summed E-state index contributed by atoms with van der Waals surface area (Å²) in [5.74, 6) is -0.741. The molecule has 2 aliphatic heterocycles. The van der Waals surface area contributed by atoms with Crippen molar-refractivity contribution in [1.82, 2.24) is 0 Å². The molecule has 1 fully saturated rings. The number of fused-ring (bicyclic) bond motifs is 2. The van der Waals surface area contributed by atoms with Crippen LogP contribution in [0.15, 0.2) is 47.4 Å². The average Bonchev–Trinajstić information content (AvgIpc) is 2.87. The van der Waals surface area contributed by atoms with E-state index in [0.29, 0.717) is 11.4 Å². The predicted molar refractivity (Wildman–Crippen MR) is 94.8 cm³/mol. The van der Waals surface area contributed by atoms with Crippen LogP contribution in [0.25, 0.3) is 0 Å². The average molecular weight is 355 g/mol. The molecular weight excluding hydrogens is 338 g/mol. The number of imide groups is 1. The fourth-order valence-corrected chi connectivity index (χ4v) is 4.77. The van der Waals surface area contributed by atoms with Crippen LogP contribution in [0.2, 0.25) is 0 Å². The maximum absolute atomic E-state index is 12.9. The summed E-state index contributed by atoms with van der Waals surface area (Å²) >= 11 is 1.36. The predicted octanol–water partition coefficient (Wildman–Crippen LogP) is 2.70. The second-order valence-electron chi connectivity index (χ2n) is 6.26. The number of aliphatic hydroxyl groups excluding tert-OH is 1. The molecule has 1 N–H and O–H groups in total. The van der Waals surface area contributed by atoms with Crippen LogP contribution in [0.1, 0.15) is 17.2 Å². The quantitative estimate of drug-likeness (QED) is 0.839. The minimum Gasteiger partial charge on any atom is -0.497 e. The first-order valence-corrected chi connectivity index (χ1v) is 8.86. The molecule has 2 amide bonds. The summed E-state index contributed by atoms with van der Waals surface area (Å²) in [4.78, 5) is 27.8. The van der Waals surface area contributed by atoms with Crippen LogP contribution in [-0.4, -0.2) is 29.3 Å². The summed E-state index contributed by atoms with van der Waals surface area (Å²) in [6.45, 7) is 1.94. The second-order valence-corrected chi connectivity index (χ2v) is 7.44. The van der Waals surface area contributed by atoms with Gasteiger partial charge in [0.05, 0.1) is 24.8 Å². The smallest absolute Gasteiger partial charge is 0.248 e. The lowest BCUT2D eigenvalue weighted by Gasteiger charge is -2.28. The van der Waals surface area contributed by atoms with Gasteiger partial charge in [0.25, 0.3) is 0 Å². The largest absolute Gasteiger partial charge is 0.497 e. The first-order chi connectivity index (χ1) is 12.0. The molecule has 0 bridgehead atoms. The first-order valence-electron chi connectivity index (χ1n) is 7.98. The third kappa shape index (κ3) is 2.44. The van der Waals surface area contributed by atoms with Gasteiger partial charge in [-0.2, -0.15) is 0 Å². The van der Waals surface area contributed by atoms with Gasteiger partial charge >= 0.3 is 0 Å². The van der Waals surface area contributed by atoms with Crippen LogP contribution in [0, 0.1) is 12.8 Å². The zero-order valence-electron chi connectivity index (χ0n) is 13.8. The Balaban J connectivity index is 1.72. The van der Waals surface area contributed by atoms with E-state index >= 15 is 0 Å². The Hall–Kier alpha value is -2.31. The van der Waals surface area contributed by atoms with Crippen LogP contribution in [0.5, 0.6) is 5.75 Å². The van der Waals surface area contributed by atoms with Crippen molar-refractivity contribution in [2.24, 2.45) is 5.92 Å². The fraction of sp³-hybridized carbons (Fsp3) is 0.263. The standard InChI is InChI=1S/C19H17NO4S/c1-10-3-8-14-13(9-10)16(21)15-17(25-14)19(23)20(18(15)22)11-4-6-12(24-2)7-5-11/h3-9,15-17,21H,1-2H3/t15-,16+,17+/m1/s1. The van der Waals surface area contributed by atoms with Gasteiger partial charge in [0.15, 0.2) is 0 Å². The highest BCUT2D eigenvalue weighted by Gasteiger charge is 2.54. The van der Waals surface area contributed by atoms with Crippen molar-refractivity contribution in [1.29, 1.82) is 0 Å². The highest BCUT2D eigenvalue weighted by molar-refractivity contribution is 8.00. The summed E-state index contributed by atoms with van der Waals surface area (Å²) in [6.07, 6.45) is -0.971. The van der Waals surface area contributed by atoms with Gasteiger partial charge < -0.3 is 9.84 Å². The van der Waals surface area contributed by atoms with Gasteiger partial charge in [-0.05, 0) is 42.8 Å². The number of hydrogen-bond donors (Lipinski definition) is 1. The molecule has 0 radical (unpaired) electrons. The van der Waals surface area contributed by atoms with Crippen molar-refractivity contribution in [3.05, 3.63) is 53.6 Å². The topological polar surface area (TPSA) is 66.8 Å². The lowest BCUT2D eigenvalue weighted by Crippen LogP contribution is -2.32. The number of hydrogen-bond acceptors (Lipinski definition) is 5. The van der Waals surface area contributed by atoms with Crippen molar-refractivity contribution in [3.63, 3.8) is 0 Å². The van der Waals surface area contributed by atoms with Gasteiger partial charge in [-0.25, -0.2) is 4.90 Å². The van der Waals surface area contributed by atoms with Crippen molar-refractivity contribution in [2.45, 2.75) is 23.2 Å². The normalized spacial score (nSPS) is 24.9. The molecule has 6 heteroatoms. The lowest BCUT2D eigenvalue weighted by atomic mass is 9.92. The highest BCUT2D eigenvalue weighted by atomic mass is 32.2. The van der Waals surface area contributed by atoms with E-state index in [1.807, 2.05) is 25.1 Å². The van der Waals surface area contributed by atoms with Crippen LogP contribution in [-0.2, 0) is 9.59 Å². The first kappa shape index (κ1) is 16.2. The van der Waals surface area contributed by atoms with Crippen LogP contribution in [0.4, 0.5) is 5.69 Å². The van der Waals surface area contributed by atoms with Gasteiger partial charge in [0, 0.05) is 4.90 Å². The second kappa shape index (κ2) is 5.89. The molecule has 4 rings (SSSR count). The van der Waals surface area contributed by atoms with Gasteiger partial charge in [-0.3, -0.25) is 9.59 Å². The zero-order chi connectivity index (χ0) is 17.7. The van der Waals surface area contributed by atoms with Crippen molar-refractivity contribution >= 4 is 29.3 Å². The fourth-order valence-electron chi connectivity index (χ4n) is 3.41. The summed E-state index contributed by atoms with van der Waals surface area (Å²) in [5.41, 5.74) is 2.24. The number of amides is 2. The number of rotatable bonds is 2. The van der Waals surface area contributed by atoms with E-state index in [1.165, 1.54) is 16.7 Å². The maximum atomic E-state index is 12.9. The molecule has 0 aromatic heterocycles. The molecule has 1 saturated heterocycles. The van der Waals surface area contributed by atoms with E-state index in [4.69, 9.17) is 4.74 Å². The highest BCUT2D eigenvalue weighted by Crippen LogP contribution is 2.49. The van der Waals surface area contributed by atoms with Crippen LogP contribution in [0.3, 0.4) is 0 Å². The summed E-state index contributed by atoms with van der Waals surface area (Å²) < 4.78 is 5.12. The number of methoxy groups -OCH3 is 1. The van der Waals surface area contributed by atoms with Crippen molar-refractivity contribution < 1.29 is 19.4 Å². The number of anilines is 1. The SMILES string of the molecule is COc1ccc(N2C(=O)[C@H]3[C@H](Sc4ccc(C)cc4[C@@H]3O)C2=O)cc1. The molecule has 2 aliphatic rings. The monoisotopic (exact) mass is 355 g/mol. The third-order valence-electron chi connectivity index (χ3n) is 4.70. The number of carbonyl (C=O) groups excluding carboxylic acids is 2. The molecule has 0 aliphatic carbocycles. The van der Waals surface area contributed by atoms with Crippen LogP contribution >= 0.6 is 11.8 Å². The summed E-state index contributed by atoms with van der Waals surface area (Å²) in [5, 5.41) is 10.2. The molecule has 5 nitrogen and oxygen atoms in total. The number of aryl methyl sites for hydroxylation is 1. The molecule has 0 spiro atoms. The molecule has 2 heterocycles. The summed E-state index contributed by atoms with van der Waals surface area (Å²) in [6, 6.07) is 12.5. The van der Waals surface area contributed by atoms with Gasteiger partial charge in [0.1, 0.15) is 11.0 Å². The molecule has 25 heavy (non-hydrogen) atoms. The Morgan fingerprint density at radius 1 is 1.08 bits per heavy atom. The molecule has 2 aromatic rings. The number of benzene rings is 2. The number of thioether (sulfide) groups is 1. The van der Waals surface area contributed by atoms with E-state index < -0.39 is 17.3 Å². The van der Waals surface area contributed by atoms with E-state index in [2.05, 4.69) is 0 Å². The van der Waals surface area contributed by atoms with E-state index in [0.717, 1.165) is 16.0 Å². The number of aliphatic hydroxyl groups is 1. The Morgan fingerprint density at radius 3 is 2.48 bits per heavy atom. The Morgan fingerprint density at radius 2 is 1.80 bits per heavy atom. The molecule has 3 atom stereocenters. The van der Waals surface area contributed by atoms with Gasteiger partial charge in [-0.15, -0.1) is 11.8 Å². The van der Waals surface area contributed by atoms with Crippen molar-refractivity contribution in [3.8, 4) is 5.75 Å². The Kier molecular flexibility index (Phi) is 3.81. The van der Waals surface area contributed by atoms with Gasteiger partial charge in [-0.1, -0.05) is 17.7 Å². The van der Waals surface area contributed by atoms with Gasteiger partial charge in [0.2, 0.25) is 11.8 Å². The molecule has 128 valence electrons. The Labute approximate surface area is 149 Å². The van der Waals surface area contributed by atoms with Crippen LogP contribution < -0.4 is 9.64 Å². The van der Waals surface area contributed by atoms with E-state index in [-0.39, 0.29) is 11.8 Å². The number of carbonyl (C=O) groups is 2. The minimum absolute atomic E-state index is 0.282. The molecule has 0 saturated carbocycles. The van der Waals surface area contributed by atoms with E-state index in [9.17, 15) is 14.7 Å². The number of ether oxygens (including phenoxy) is 1. The molecule has 0 unspecified atom stereocenters. The van der Waals surface area contributed by atoms with Crippen molar-refractivity contribution in [2.75, 3.05) is 12.0 Å². The molecule has 2 aromatic carbocycles. The van der Waals surface area contributed by atoms with E-state index in [1.54, 1.807) is 31.4 Å². The Bertz CT molecular complexity index is 864. The minimum atomic E-state index is -0.971.